The van der Waals surface area contributed by atoms with E-state index in [1.165, 1.54) is 30.1 Å². The molecule has 11 nitrogen and oxygen atoms in total. The minimum absolute atomic E-state index is 0.00972. The van der Waals surface area contributed by atoms with Crippen LogP contribution in [0.5, 0.6) is 11.5 Å². The molecule has 2 amide bonds. The first kappa shape index (κ1) is 31.0. The van der Waals surface area contributed by atoms with Gasteiger partial charge < -0.3 is 30.7 Å². The van der Waals surface area contributed by atoms with E-state index in [0.29, 0.717) is 29.8 Å². The highest BCUT2D eigenvalue weighted by Gasteiger charge is 2.46. The molecule has 1 atom stereocenters. The van der Waals surface area contributed by atoms with Crippen LogP contribution in [0, 0.1) is 11.6 Å². The maximum absolute atomic E-state index is 14.9. The second-order valence-electron chi connectivity index (χ2n) is 10.3. The Labute approximate surface area is 253 Å². The van der Waals surface area contributed by atoms with Crippen molar-refractivity contribution in [2.24, 2.45) is 5.73 Å². The molecule has 15 heteroatoms. The number of rotatable bonds is 11. The number of halogens is 4. The van der Waals surface area contributed by atoms with E-state index >= 15 is 0 Å². The van der Waals surface area contributed by atoms with Crippen molar-refractivity contribution >= 4 is 34.3 Å². The summed E-state index contributed by atoms with van der Waals surface area (Å²) < 4.78 is 55.5. The summed E-state index contributed by atoms with van der Waals surface area (Å²) >= 11 is 5.88. The highest BCUT2D eigenvalue weighted by atomic mass is 35.5. The topological polar surface area (TPSA) is 162 Å². The Bertz CT molecular complexity index is 1800. The minimum atomic E-state index is -2.34. The lowest BCUT2D eigenvalue weighted by Crippen LogP contribution is -2.44. The molecule has 232 valence electrons. The number of fused-ring (bicyclic) bond motifs is 1. The number of benzene rings is 2. The molecule has 0 unspecified atom stereocenters. The number of nitrogens with one attached hydrogen (secondary N) is 1. The highest BCUT2D eigenvalue weighted by Crippen LogP contribution is 2.45. The van der Waals surface area contributed by atoms with Crippen molar-refractivity contribution in [1.82, 2.24) is 20.1 Å². The number of carbonyl (C=O) groups excluding carboxylic acids is 2. The fourth-order valence-electron chi connectivity index (χ4n) is 4.62. The summed E-state index contributed by atoms with van der Waals surface area (Å²) in [6, 6.07) is 5.31. The van der Waals surface area contributed by atoms with Gasteiger partial charge in [-0.15, -0.1) is 0 Å². The second-order valence-corrected chi connectivity index (χ2v) is 10.7. The SMILES string of the molecule is CCOc1c(C(N)=O)cc([C@](O)(CO)CNC(=O)c2cc(OC)c3nn(C4(F)CC4)cc3c2)nc1-c1cc(Cl)c(F)cc1F. The van der Waals surface area contributed by atoms with Crippen molar-refractivity contribution in [2.75, 3.05) is 26.9 Å². The van der Waals surface area contributed by atoms with Gasteiger partial charge in [0, 0.05) is 41.6 Å². The van der Waals surface area contributed by atoms with Crippen LogP contribution in [0.2, 0.25) is 5.02 Å². The van der Waals surface area contributed by atoms with Crippen molar-refractivity contribution < 1.29 is 42.4 Å². The monoisotopic (exact) mass is 633 g/mol. The van der Waals surface area contributed by atoms with Crippen LogP contribution < -0.4 is 20.5 Å². The van der Waals surface area contributed by atoms with Crippen LogP contribution in [-0.4, -0.2) is 63.7 Å². The van der Waals surface area contributed by atoms with Gasteiger partial charge in [0.1, 0.15) is 34.2 Å². The van der Waals surface area contributed by atoms with Crippen LogP contribution in [0.4, 0.5) is 13.2 Å². The molecule has 0 saturated heterocycles. The van der Waals surface area contributed by atoms with Gasteiger partial charge in [0.15, 0.2) is 5.75 Å². The standard InChI is InChI=1S/C29H27ClF3N5O6/c1-3-44-25-17(26(34)40)9-22(36-24(25)16-8-18(30)20(32)10-19(16)31)28(42,13-39)12-35-27(41)14-6-15-11-38(29(33)4-5-29)37-23(15)21(7-14)43-2/h6-11,39,42H,3-5,12-13H2,1-2H3,(H2,34,40)(H,35,41)/t28-/m1/s1. The molecular weight excluding hydrogens is 607 g/mol. The lowest BCUT2D eigenvalue weighted by atomic mass is 9.95. The molecule has 0 spiro atoms. The number of pyridine rings is 1. The number of aliphatic hydroxyl groups is 2. The molecule has 1 fully saturated rings. The molecule has 1 saturated carbocycles. The van der Waals surface area contributed by atoms with Crippen molar-refractivity contribution in [3.8, 4) is 22.8 Å². The molecule has 0 radical (unpaired) electrons. The Morgan fingerprint density at radius 3 is 2.55 bits per heavy atom. The number of hydrogen-bond donors (Lipinski definition) is 4. The zero-order valence-corrected chi connectivity index (χ0v) is 24.2. The fourth-order valence-corrected chi connectivity index (χ4v) is 4.78. The molecule has 5 N–H and O–H groups in total. The Morgan fingerprint density at radius 1 is 1.20 bits per heavy atom. The average Bonchev–Trinajstić information content (AvgIpc) is 3.59. The number of primary amides is 1. The third kappa shape index (κ3) is 5.63. The van der Waals surface area contributed by atoms with Crippen molar-refractivity contribution in [1.29, 1.82) is 0 Å². The number of nitrogens with two attached hydrogens (primary N) is 1. The molecular formula is C29H27ClF3N5O6. The lowest BCUT2D eigenvalue weighted by molar-refractivity contribution is -0.0204. The van der Waals surface area contributed by atoms with E-state index in [9.17, 15) is 33.0 Å². The maximum atomic E-state index is 14.9. The van der Waals surface area contributed by atoms with E-state index in [2.05, 4.69) is 15.4 Å². The fraction of sp³-hybridized carbons (Fsp3) is 0.310. The van der Waals surface area contributed by atoms with Crippen molar-refractivity contribution in [3.05, 3.63) is 70.0 Å². The summed E-state index contributed by atoms with van der Waals surface area (Å²) in [4.78, 5) is 29.9. The smallest absolute Gasteiger partial charge is 0.252 e. The predicted molar refractivity (Wildman–Crippen MR) is 152 cm³/mol. The second kappa shape index (κ2) is 11.6. The number of methoxy groups -OCH3 is 1. The zero-order valence-electron chi connectivity index (χ0n) is 23.5. The first-order valence-corrected chi connectivity index (χ1v) is 13.7. The summed E-state index contributed by atoms with van der Waals surface area (Å²) in [5.74, 6) is -5.57. The molecule has 1 aliphatic carbocycles. The predicted octanol–water partition coefficient (Wildman–Crippen LogP) is 3.56. The third-order valence-electron chi connectivity index (χ3n) is 7.20. The van der Waals surface area contributed by atoms with Crippen LogP contribution in [0.25, 0.3) is 22.2 Å². The molecule has 0 aliphatic heterocycles. The summed E-state index contributed by atoms with van der Waals surface area (Å²) in [5, 5.41) is 28.4. The number of carbonyl (C=O) groups is 2. The Morgan fingerprint density at radius 2 is 1.93 bits per heavy atom. The average molecular weight is 634 g/mol. The number of hydrogen-bond acceptors (Lipinski definition) is 8. The number of aliphatic hydroxyl groups excluding tert-OH is 1. The van der Waals surface area contributed by atoms with Gasteiger partial charge in [-0.05, 0) is 31.2 Å². The molecule has 2 heterocycles. The van der Waals surface area contributed by atoms with Crippen LogP contribution in [0.3, 0.4) is 0 Å². The molecule has 2 aromatic carbocycles. The van der Waals surface area contributed by atoms with Gasteiger partial charge in [-0.3, -0.25) is 9.59 Å². The number of aromatic nitrogens is 3. The first-order chi connectivity index (χ1) is 20.8. The first-order valence-electron chi connectivity index (χ1n) is 13.4. The van der Waals surface area contributed by atoms with Gasteiger partial charge in [0.05, 0.1) is 43.1 Å². The Hall–Kier alpha value is -4.40. The van der Waals surface area contributed by atoms with Crippen molar-refractivity contribution in [2.45, 2.75) is 31.2 Å². The molecule has 2 aromatic heterocycles. The zero-order chi connectivity index (χ0) is 32.0. The molecule has 1 aliphatic rings. The molecule has 44 heavy (non-hydrogen) atoms. The molecule has 0 bridgehead atoms. The van der Waals surface area contributed by atoms with E-state index in [-0.39, 0.29) is 46.2 Å². The van der Waals surface area contributed by atoms with E-state index in [0.717, 1.165) is 12.1 Å². The molecule has 5 rings (SSSR count). The van der Waals surface area contributed by atoms with Gasteiger partial charge in [-0.2, -0.15) is 5.10 Å². The summed E-state index contributed by atoms with van der Waals surface area (Å²) in [5.41, 5.74) is 2.17. The minimum Gasteiger partial charge on any atom is -0.494 e. The number of nitrogens with zero attached hydrogens (tertiary/aromatic N) is 3. The summed E-state index contributed by atoms with van der Waals surface area (Å²) in [6.45, 7) is -0.105. The lowest BCUT2D eigenvalue weighted by Gasteiger charge is -2.27. The van der Waals surface area contributed by atoms with E-state index in [4.69, 9.17) is 26.8 Å². The number of alkyl halides is 1. The number of amides is 2. The van der Waals surface area contributed by atoms with Crippen LogP contribution in [0.1, 0.15) is 46.2 Å². The largest absolute Gasteiger partial charge is 0.494 e. The maximum Gasteiger partial charge on any atom is 0.252 e. The van der Waals surface area contributed by atoms with Crippen LogP contribution in [0.15, 0.2) is 36.5 Å². The van der Waals surface area contributed by atoms with Crippen LogP contribution in [-0.2, 0) is 11.4 Å². The molecule has 4 aromatic rings. The van der Waals surface area contributed by atoms with Gasteiger partial charge >= 0.3 is 0 Å². The highest BCUT2D eigenvalue weighted by molar-refractivity contribution is 6.31. The van der Waals surface area contributed by atoms with E-state index < -0.39 is 53.0 Å². The summed E-state index contributed by atoms with van der Waals surface area (Å²) in [6.07, 6.45) is 2.09. The van der Waals surface area contributed by atoms with Gasteiger partial charge in [-0.25, -0.2) is 22.8 Å². The van der Waals surface area contributed by atoms with Gasteiger partial charge in [0.25, 0.3) is 11.8 Å². The van der Waals surface area contributed by atoms with Crippen molar-refractivity contribution in [3.63, 3.8) is 0 Å². The van der Waals surface area contributed by atoms with E-state index in [1.807, 2.05) is 0 Å². The van der Waals surface area contributed by atoms with E-state index in [1.54, 1.807) is 6.92 Å². The quantitative estimate of drug-likeness (QED) is 0.182. The van der Waals surface area contributed by atoms with Crippen LogP contribution >= 0.6 is 11.6 Å². The normalized spacial score (nSPS) is 15.1. The number of ether oxygens (including phenoxy) is 2. The van der Waals surface area contributed by atoms with Gasteiger partial charge in [0.2, 0.25) is 5.79 Å². The van der Waals surface area contributed by atoms with Gasteiger partial charge in [-0.1, -0.05) is 11.6 Å². The third-order valence-corrected chi connectivity index (χ3v) is 7.49. The Balaban J connectivity index is 1.51. The summed E-state index contributed by atoms with van der Waals surface area (Å²) in [7, 11) is 1.37. The Kier molecular flexibility index (Phi) is 8.18.